The van der Waals surface area contributed by atoms with Crippen LogP contribution in [0, 0.1) is 0 Å². The summed E-state index contributed by atoms with van der Waals surface area (Å²) in [5.74, 6) is -1.36. The Bertz CT molecular complexity index is 1150. The molecule has 7 N–H and O–H groups in total. The van der Waals surface area contributed by atoms with E-state index < -0.39 is 42.2 Å². The molecule has 1 amide bonds. The number of amides is 1. The van der Waals surface area contributed by atoms with Crippen molar-refractivity contribution in [2.24, 2.45) is 5.73 Å². The van der Waals surface area contributed by atoms with Crippen LogP contribution in [0.1, 0.15) is 0 Å². The summed E-state index contributed by atoms with van der Waals surface area (Å²) in [6, 6.07) is -0.715. The molecule has 15 nitrogen and oxygen atoms in total. The number of rotatable bonds is 6. The van der Waals surface area contributed by atoms with Crippen LogP contribution in [0.3, 0.4) is 0 Å². The Hall–Kier alpha value is -2.53. The Morgan fingerprint density at radius 3 is 2.53 bits per heavy atom. The average molecular weight is 509 g/mol. The molecule has 0 spiro atoms. The molecule has 3 rings (SSSR count). The van der Waals surface area contributed by atoms with Crippen molar-refractivity contribution in [1.29, 1.82) is 0 Å². The topological polar surface area (TPSA) is 246 Å². The summed E-state index contributed by atoms with van der Waals surface area (Å²) in [5.41, 5.74) is 4.06. The highest BCUT2D eigenvalue weighted by Gasteiger charge is 2.51. The fraction of sp³-hybridized carbons (Fsp3) is 0.286. The molecule has 1 fully saturated rings. The second kappa shape index (κ2) is 10.4. The number of H-pyrrole nitrogens is 1. The molecule has 0 saturated carbocycles. The van der Waals surface area contributed by atoms with Gasteiger partial charge in [-0.3, -0.25) is 23.9 Å². The molecule has 3 heterocycles. The molecular formula is C14H16N5O10PS2. The van der Waals surface area contributed by atoms with Gasteiger partial charge in [-0.25, -0.2) is 14.5 Å². The molecule has 1 saturated heterocycles. The minimum absolute atomic E-state index is 0.0591. The van der Waals surface area contributed by atoms with Crippen LogP contribution in [0.2, 0.25) is 0 Å². The number of hydrogen-bond acceptors (Lipinski definition) is 10. The minimum Gasteiger partial charge on any atom is -0.477 e. The van der Waals surface area contributed by atoms with E-state index in [0.29, 0.717) is 17.6 Å². The maximum absolute atomic E-state index is 11.9. The summed E-state index contributed by atoms with van der Waals surface area (Å²) in [5, 5.41) is 16.3. The van der Waals surface area contributed by atoms with Gasteiger partial charge in [0.2, 0.25) is 5.91 Å². The van der Waals surface area contributed by atoms with Crippen LogP contribution in [0.15, 0.2) is 37.5 Å². The normalized spacial score (nSPS) is 20.4. The Balaban J connectivity index is 0.000000654. The van der Waals surface area contributed by atoms with E-state index in [9.17, 15) is 29.1 Å². The van der Waals surface area contributed by atoms with Crippen molar-refractivity contribution in [2.75, 3.05) is 5.75 Å². The quantitative estimate of drug-likeness (QED) is 0.0756. The molecule has 2 aliphatic heterocycles. The van der Waals surface area contributed by atoms with E-state index in [1.54, 1.807) is 0 Å². The van der Waals surface area contributed by atoms with E-state index in [0.717, 1.165) is 21.2 Å². The highest BCUT2D eigenvalue weighted by atomic mass is 32.2. The Morgan fingerprint density at radius 2 is 1.97 bits per heavy atom. The number of aldehydes is 1. The lowest BCUT2D eigenvalue weighted by molar-refractivity contribution is -0.147. The number of hydrogen-bond donors (Lipinski definition) is 6. The van der Waals surface area contributed by atoms with Gasteiger partial charge in [-0.2, -0.15) is 0 Å². The van der Waals surface area contributed by atoms with Gasteiger partial charge in [-0.15, -0.1) is 16.9 Å². The molecular weight excluding hydrogens is 493 g/mol. The van der Waals surface area contributed by atoms with Crippen LogP contribution in [0.5, 0.6) is 0 Å². The number of carboxylic acid groups (broad SMARTS) is 1. The van der Waals surface area contributed by atoms with Crippen LogP contribution >= 0.6 is 31.3 Å². The fourth-order valence-corrected chi connectivity index (χ4v) is 4.59. The van der Waals surface area contributed by atoms with Crippen LogP contribution in [-0.4, -0.2) is 74.8 Å². The zero-order valence-corrected chi connectivity index (χ0v) is 18.2. The number of aromatic nitrogens is 3. The number of nitrogens with one attached hydrogen (secondary N) is 1. The molecule has 2 aliphatic rings. The van der Waals surface area contributed by atoms with Crippen molar-refractivity contribution in [3.63, 3.8) is 0 Å². The van der Waals surface area contributed by atoms with E-state index >= 15 is 0 Å². The van der Waals surface area contributed by atoms with Gasteiger partial charge in [0.15, 0.2) is 5.16 Å². The van der Waals surface area contributed by atoms with Gasteiger partial charge in [-0.1, -0.05) is 11.8 Å². The highest BCUT2D eigenvalue weighted by molar-refractivity contribution is 8.02. The van der Waals surface area contributed by atoms with E-state index in [1.807, 2.05) is 5.10 Å². The highest BCUT2D eigenvalue weighted by Crippen LogP contribution is 2.40. The Kier molecular flexibility index (Phi) is 8.35. The first-order chi connectivity index (χ1) is 14.9. The number of carboxylic acids is 1. The molecule has 18 heteroatoms. The number of phosphoric acid groups is 1. The zero-order chi connectivity index (χ0) is 24.2. The first kappa shape index (κ1) is 25.7. The lowest BCUT2D eigenvalue weighted by Gasteiger charge is -2.47. The molecule has 2 unspecified atom stereocenters. The lowest BCUT2D eigenvalue weighted by Crippen LogP contribution is -2.68. The summed E-state index contributed by atoms with van der Waals surface area (Å²) >= 11 is 2.27. The number of thioether (sulfide) groups is 2. The van der Waals surface area contributed by atoms with Crippen LogP contribution in [0.4, 0.5) is 0 Å². The molecule has 32 heavy (non-hydrogen) atoms. The van der Waals surface area contributed by atoms with Crippen LogP contribution in [-0.2, 0) is 25.5 Å². The molecule has 0 aliphatic carbocycles. The number of nitrogens with zero attached hydrogens (tertiary/aromatic N) is 3. The zero-order valence-electron chi connectivity index (χ0n) is 15.7. The van der Waals surface area contributed by atoms with Crippen LogP contribution in [0.25, 0.3) is 0 Å². The van der Waals surface area contributed by atoms with E-state index in [1.165, 1.54) is 23.2 Å². The molecule has 2 atom stereocenters. The van der Waals surface area contributed by atoms with Gasteiger partial charge in [-0.05, 0) is 17.1 Å². The SMILES string of the molecule is NC1C(=O)N2C(C(=O)O)=C(C=CSc3n[nH]c(=O)c(=O)n3CC=O)CSC12.O=P(O)(O)O. The fourth-order valence-electron chi connectivity index (χ4n) is 2.59. The first-order valence-electron chi connectivity index (χ1n) is 8.28. The lowest BCUT2D eigenvalue weighted by atomic mass is 10.0. The second-order valence-corrected chi connectivity index (χ2v) is 8.97. The van der Waals surface area contributed by atoms with Gasteiger partial charge in [0, 0.05) is 5.75 Å². The number of fused-ring (bicyclic) bond motifs is 1. The van der Waals surface area contributed by atoms with Crippen molar-refractivity contribution in [3.8, 4) is 0 Å². The Morgan fingerprint density at radius 1 is 1.34 bits per heavy atom. The number of β-lactam (4-membered cyclic amide) rings is 1. The van der Waals surface area contributed by atoms with Gasteiger partial charge in [0.1, 0.15) is 23.4 Å². The number of aromatic amines is 1. The van der Waals surface area contributed by atoms with E-state index in [4.69, 9.17) is 25.0 Å². The van der Waals surface area contributed by atoms with Crippen molar-refractivity contribution in [3.05, 3.63) is 43.5 Å². The van der Waals surface area contributed by atoms with Gasteiger partial charge >= 0.3 is 24.9 Å². The van der Waals surface area contributed by atoms with Crippen molar-refractivity contribution < 1.29 is 38.7 Å². The predicted octanol–water partition coefficient (Wildman–Crippen LogP) is -2.61. The first-order valence-corrected chi connectivity index (χ1v) is 11.8. The molecule has 1 aromatic heterocycles. The number of allylic oxidation sites excluding steroid dienone is 1. The molecule has 0 bridgehead atoms. The number of carbonyl (C=O) groups is 3. The minimum atomic E-state index is -4.64. The maximum Gasteiger partial charge on any atom is 0.466 e. The number of carbonyl (C=O) groups excluding carboxylic acids is 2. The van der Waals surface area contributed by atoms with Crippen molar-refractivity contribution in [1.82, 2.24) is 19.7 Å². The third-order valence-electron chi connectivity index (χ3n) is 3.86. The largest absolute Gasteiger partial charge is 0.477 e. The number of nitrogens with two attached hydrogens (primary N) is 1. The maximum atomic E-state index is 11.9. The molecule has 0 radical (unpaired) electrons. The molecule has 1 aromatic rings. The predicted molar refractivity (Wildman–Crippen MR) is 110 cm³/mol. The summed E-state index contributed by atoms with van der Waals surface area (Å²) in [6.07, 6.45) is 1.94. The van der Waals surface area contributed by atoms with E-state index in [2.05, 4.69) is 5.10 Å². The summed E-state index contributed by atoms with van der Waals surface area (Å²) in [6.45, 7) is -0.341. The molecule has 174 valence electrons. The third kappa shape index (κ3) is 6.04. The average Bonchev–Trinajstić information content (AvgIpc) is 2.70. The Labute approximate surface area is 186 Å². The molecule has 0 aromatic carbocycles. The van der Waals surface area contributed by atoms with Crippen LogP contribution < -0.4 is 16.9 Å². The summed E-state index contributed by atoms with van der Waals surface area (Å²) < 4.78 is 9.78. The van der Waals surface area contributed by atoms with Crippen molar-refractivity contribution in [2.45, 2.75) is 23.1 Å². The standard InChI is InChI=1S/C14H13N5O6S2.H3O4P/c15-7-10(22)19-8(13(24)25)6(5-27-12(7)19)1-4-26-14-17-16-9(21)11(23)18(14)2-3-20;1-5(2,3)4/h1,3-4,7,12H,2,5,15H2,(H,16,21)(H,24,25);(H3,1,2,3,4). The van der Waals surface area contributed by atoms with E-state index in [-0.39, 0.29) is 17.4 Å². The third-order valence-corrected chi connectivity index (χ3v) is 5.98. The smallest absolute Gasteiger partial charge is 0.466 e. The van der Waals surface area contributed by atoms with Gasteiger partial charge < -0.3 is 30.3 Å². The number of aliphatic carboxylic acids is 1. The van der Waals surface area contributed by atoms with Gasteiger partial charge in [0.25, 0.3) is 0 Å². The second-order valence-electron chi connectivity index (χ2n) is 5.97. The summed E-state index contributed by atoms with van der Waals surface area (Å²) in [4.78, 5) is 80.0. The van der Waals surface area contributed by atoms with Gasteiger partial charge in [0.05, 0.1) is 6.54 Å². The summed E-state index contributed by atoms with van der Waals surface area (Å²) in [7, 11) is -4.64. The monoisotopic (exact) mass is 509 g/mol. The van der Waals surface area contributed by atoms with Crippen molar-refractivity contribution >= 4 is 49.5 Å².